The molecule has 6 heteroatoms. The third kappa shape index (κ3) is 3.31. The maximum atomic E-state index is 12.5. The Hall–Kier alpha value is -2.37. The highest BCUT2D eigenvalue weighted by molar-refractivity contribution is 6.04. The lowest BCUT2D eigenvalue weighted by atomic mass is 10.1. The second-order valence-corrected chi connectivity index (χ2v) is 3.77. The number of aromatic nitrogens is 1. The lowest BCUT2D eigenvalue weighted by Crippen LogP contribution is -2.13. The summed E-state index contributed by atoms with van der Waals surface area (Å²) in [6, 6.07) is 7.35. The van der Waals surface area contributed by atoms with Gasteiger partial charge in [-0.3, -0.25) is 9.78 Å². The minimum atomic E-state index is -4.47. The molecule has 0 aliphatic rings. The summed E-state index contributed by atoms with van der Waals surface area (Å²) in [5.41, 5.74) is -0.432. The minimum absolute atomic E-state index is 0.0494. The van der Waals surface area contributed by atoms with Crippen molar-refractivity contribution in [1.29, 1.82) is 0 Å². The van der Waals surface area contributed by atoms with Gasteiger partial charge in [0.2, 0.25) is 0 Å². The maximum absolute atomic E-state index is 12.5. The molecule has 3 nitrogen and oxygen atoms in total. The second-order valence-electron chi connectivity index (χ2n) is 3.77. The van der Waals surface area contributed by atoms with Crippen molar-refractivity contribution < 1.29 is 18.0 Å². The molecule has 1 amide bonds. The average molecular weight is 266 g/mol. The number of anilines is 1. The van der Waals surface area contributed by atoms with Crippen LogP contribution < -0.4 is 5.32 Å². The van der Waals surface area contributed by atoms with E-state index in [1.807, 2.05) is 0 Å². The molecule has 0 unspecified atom stereocenters. The molecule has 1 N–H and O–H groups in total. The Morgan fingerprint density at radius 3 is 2.42 bits per heavy atom. The van der Waals surface area contributed by atoms with Crippen LogP contribution in [0.1, 0.15) is 15.9 Å². The first-order valence-corrected chi connectivity index (χ1v) is 5.35. The van der Waals surface area contributed by atoms with Crippen LogP contribution in [0.4, 0.5) is 18.9 Å². The predicted octanol–water partition coefficient (Wildman–Crippen LogP) is 3.35. The van der Waals surface area contributed by atoms with E-state index in [1.165, 1.54) is 24.5 Å². The van der Waals surface area contributed by atoms with Gasteiger partial charge in [0.05, 0.1) is 5.56 Å². The highest BCUT2D eigenvalue weighted by Crippen LogP contribution is 2.29. The molecule has 0 bridgehead atoms. The summed E-state index contributed by atoms with van der Waals surface area (Å²) < 4.78 is 37.6. The van der Waals surface area contributed by atoms with E-state index in [1.54, 1.807) is 12.1 Å². The first-order chi connectivity index (χ1) is 8.97. The Morgan fingerprint density at radius 1 is 1.11 bits per heavy atom. The lowest BCUT2D eigenvalue weighted by molar-refractivity contribution is -0.137. The van der Waals surface area contributed by atoms with Crippen LogP contribution in [-0.2, 0) is 6.18 Å². The van der Waals surface area contributed by atoms with E-state index in [0.29, 0.717) is 5.69 Å². The highest BCUT2D eigenvalue weighted by Gasteiger charge is 2.30. The van der Waals surface area contributed by atoms with Crippen LogP contribution in [0, 0.1) is 0 Å². The van der Waals surface area contributed by atoms with Crippen molar-refractivity contribution in [2.45, 2.75) is 6.18 Å². The van der Waals surface area contributed by atoms with Gasteiger partial charge in [-0.25, -0.2) is 0 Å². The van der Waals surface area contributed by atoms with Gasteiger partial charge in [0.15, 0.2) is 0 Å². The zero-order valence-electron chi connectivity index (χ0n) is 9.61. The van der Waals surface area contributed by atoms with Gasteiger partial charge in [-0.1, -0.05) is 6.07 Å². The molecule has 2 rings (SSSR count). The quantitative estimate of drug-likeness (QED) is 0.905. The molecule has 0 aliphatic carbocycles. The molecular weight excluding hydrogens is 257 g/mol. The number of benzene rings is 1. The summed E-state index contributed by atoms with van der Waals surface area (Å²) >= 11 is 0. The standard InChI is InChI=1S/C13H9F3N2O/c14-13(15,16)10-3-1-2-9(8-10)12(19)18-11-4-6-17-7-5-11/h1-8H,(H,17,18,19). The number of amides is 1. The summed E-state index contributed by atoms with van der Waals surface area (Å²) in [5.74, 6) is -0.600. The van der Waals surface area contributed by atoms with Crippen molar-refractivity contribution >= 4 is 11.6 Å². The van der Waals surface area contributed by atoms with E-state index in [4.69, 9.17) is 0 Å². The Balaban J connectivity index is 2.20. The molecule has 0 saturated heterocycles. The van der Waals surface area contributed by atoms with Gasteiger partial charge in [-0.15, -0.1) is 0 Å². The van der Waals surface area contributed by atoms with Crippen LogP contribution in [0.15, 0.2) is 48.8 Å². The molecule has 1 aromatic heterocycles. The van der Waals surface area contributed by atoms with E-state index in [0.717, 1.165) is 12.1 Å². The number of carbonyl (C=O) groups excluding carboxylic acids is 1. The molecule has 98 valence electrons. The fraction of sp³-hybridized carbons (Fsp3) is 0.0769. The van der Waals surface area contributed by atoms with Crippen LogP contribution in [0.3, 0.4) is 0 Å². The van der Waals surface area contributed by atoms with Crippen molar-refractivity contribution in [3.63, 3.8) is 0 Å². The van der Waals surface area contributed by atoms with Crippen LogP contribution in [0.5, 0.6) is 0 Å². The highest BCUT2D eigenvalue weighted by atomic mass is 19.4. The molecule has 0 spiro atoms. The SMILES string of the molecule is O=C(Nc1ccncc1)c1cccc(C(F)(F)F)c1. The molecule has 0 atom stereocenters. The van der Waals surface area contributed by atoms with Gasteiger partial charge in [-0.05, 0) is 30.3 Å². The van der Waals surface area contributed by atoms with Crippen molar-refractivity contribution in [3.8, 4) is 0 Å². The van der Waals surface area contributed by atoms with Crippen molar-refractivity contribution in [2.24, 2.45) is 0 Å². The zero-order valence-corrected chi connectivity index (χ0v) is 9.61. The summed E-state index contributed by atoms with van der Waals surface area (Å²) in [5, 5.41) is 2.49. The van der Waals surface area contributed by atoms with Gasteiger partial charge in [0.1, 0.15) is 0 Å². The number of rotatable bonds is 2. The van der Waals surface area contributed by atoms with Crippen LogP contribution >= 0.6 is 0 Å². The normalized spacial score (nSPS) is 11.1. The van der Waals surface area contributed by atoms with E-state index in [2.05, 4.69) is 10.3 Å². The van der Waals surface area contributed by atoms with Crippen LogP contribution in [0.2, 0.25) is 0 Å². The zero-order chi connectivity index (χ0) is 13.9. The molecule has 19 heavy (non-hydrogen) atoms. The topological polar surface area (TPSA) is 42.0 Å². The van der Waals surface area contributed by atoms with E-state index >= 15 is 0 Å². The first-order valence-electron chi connectivity index (χ1n) is 5.35. The smallest absolute Gasteiger partial charge is 0.322 e. The number of alkyl halides is 3. The molecule has 1 heterocycles. The Morgan fingerprint density at radius 2 is 1.79 bits per heavy atom. The number of halogens is 3. The summed E-state index contributed by atoms with van der Waals surface area (Å²) in [6.07, 6.45) is -1.52. The Kier molecular flexibility index (Phi) is 3.50. The van der Waals surface area contributed by atoms with E-state index in [-0.39, 0.29) is 5.56 Å². The fourth-order valence-electron chi connectivity index (χ4n) is 1.48. The molecule has 0 fully saturated rings. The third-order valence-electron chi connectivity index (χ3n) is 2.39. The number of nitrogens with zero attached hydrogens (tertiary/aromatic N) is 1. The molecule has 1 aromatic carbocycles. The fourth-order valence-corrected chi connectivity index (χ4v) is 1.48. The molecule has 2 aromatic rings. The average Bonchev–Trinajstić information content (AvgIpc) is 2.39. The van der Waals surface area contributed by atoms with Gasteiger partial charge in [0.25, 0.3) is 5.91 Å². The molecule has 0 saturated carbocycles. The monoisotopic (exact) mass is 266 g/mol. The lowest BCUT2D eigenvalue weighted by Gasteiger charge is -2.09. The number of hydrogen-bond acceptors (Lipinski definition) is 2. The number of nitrogens with one attached hydrogen (secondary N) is 1. The Labute approximate surface area is 107 Å². The van der Waals surface area contributed by atoms with Gasteiger partial charge in [-0.2, -0.15) is 13.2 Å². The van der Waals surface area contributed by atoms with Crippen molar-refractivity contribution in [1.82, 2.24) is 4.98 Å². The number of hydrogen-bond donors (Lipinski definition) is 1. The molecular formula is C13H9F3N2O. The summed E-state index contributed by atoms with van der Waals surface area (Å²) in [6.45, 7) is 0. The van der Waals surface area contributed by atoms with Gasteiger partial charge < -0.3 is 5.32 Å². The van der Waals surface area contributed by atoms with E-state index < -0.39 is 17.6 Å². The van der Waals surface area contributed by atoms with Gasteiger partial charge in [0, 0.05) is 23.6 Å². The Bertz CT molecular complexity index is 582. The summed E-state index contributed by atoms with van der Waals surface area (Å²) in [7, 11) is 0. The van der Waals surface area contributed by atoms with Gasteiger partial charge >= 0.3 is 6.18 Å². The number of carbonyl (C=O) groups is 1. The minimum Gasteiger partial charge on any atom is -0.322 e. The third-order valence-corrected chi connectivity index (χ3v) is 2.39. The van der Waals surface area contributed by atoms with E-state index in [9.17, 15) is 18.0 Å². The number of pyridine rings is 1. The predicted molar refractivity (Wildman–Crippen MR) is 63.6 cm³/mol. The van der Waals surface area contributed by atoms with Crippen LogP contribution in [-0.4, -0.2) is 10.9 Å². The maximum Gasteiger partial charge on any atom is 0.416 e. The summed E-state index contributed by atoms with van der Waals surface area (Å²) in [4.78, 5) is 15.6. The van der Waals surface area contributed by atoms with Crippen molar-refractivity contribution in [2.75, 3.05) is 5.32 Å². The van der Waals surface area contributed by atoms with Crippen LogP contribution in [0.25, 0.3) is 0 Å². The van der Waals surface area contributed by atoms with Crippen molar-refractivity contribution in [3.05, 3.63) is 59.9 Å². The first kappa shape index (κ1) is 13.1. The largest absolute Gasteiger partial charge is 0.416 e. The molecule has 0 aliphatic heterocycles. The molecule has 0 radical (unpaired) electrons. The second kappa shape index (κ2) is 5.09.